The van der Waals surface area contributed by atoms with E-state index in [0.717, 1.165) is 11.6 Å². The number of rotatable bonds is 16. The summed E-state index contributed by atoms with van der Waals surface area (Å²) in [6, 6.07) is 12.1. The lowest BCUT2D eigenvalue weighted by Crippen LogP contribution is -2.53. The van der Waals surface area contributed by atoms with E-state index in [9.17, 15) is 27.9 Å². The van der Waals surface area contributed by atoms with Crippen LogP contribution in [0.4, 0.5) is 0 Å². The monoisotopic (exact) mass is 603 g/mol. The summed E-state index contributed by atoms with van der Waals surface area (Å²) in [5.41, 5.74) is 3.57. The molecule has 2 aromatic carbocycles. The van der Waals surface area contributed by atoms with E-state index in [1.807, 2.05) is 51.1 Å². The minimum Gasteiger partial charge on any atom is -0.390 e. The number of carbonyl (C=O) groups is 3. The fraction of sp³-hybridized carbons (Fsp3) is 0.500. The van der Waals surface area contributed by atoms with Gasteiger partial charge in [0.2, 0.25) is 15.9 Å². The van der Waals surface area contributed by atoms with Crippen LogP contribution in [0.5, 0.6) is 0 Å². The lowest BCUT2D eigenvalue weighted by atomic mass is 10.00. The smallest absolute Gasteiger partial charge is 0.253 e. The Labute approximate surface area is 249 Å². The average Bonchev–Trinajstić information content (AvgIpc) is 2.95. The Morgan fingerprint density at radius 2 is 1.55 bits per heavy atom. The van der Waals surface area contributed by atoms with E-state index < -0.39 is 34.0 Å². The van der Waals surface area contributed by atoms with E-state index in [2.05, 4.69) is 10.7 Å². The Balaban J connectivity index is 2.44. The molecule has 11 nitrogen and oxygen atoms in total. The van der Waals surface area contributed by atoms with Gasteiger partial charge in [-0.25, -0.2) is 18.6 Å². The van der Waals surface area contributed by atoms with E-state index in [0.29, 0.717) is 32.5 Å². The third-order valence-corrected chi connectivity index (χ3v) is 7.57. The van der Waals surface area contributed by atoms with Crippen LogP contribution >= 0.6 is 0 Å². The molecule has 5 N–H and O–H groups in total. The number of aliphatic hydroxyl groups excluding tert-OH is 1. The first kappa shape index (κ1) is 34.9. The Hall–Kier alpha value is -3.32. The average molecular weight is 604 g/mol. The van der Waals surface area contributed by atoms with Gasteiger partial charge in [-0.05, 0) is 43.0 Å². The molecule has 0 radical (unpaired) electrons. The summed E-state index contributed by atoms with van der Waals surface area (Å²) < 4.78 is 24.6. The fourth-order valence-corrected chi connectivity index (χ4v) is 4.93. The van der Waals surface area contributed by atoms with Gasteiger partial charge in [0, 0.05) is 43.2 Å². The lowest BCUT2D eigenvalue weighted by molar-refractivity contribution is -0.129. The molecule has 0 aliphatic carbocycles. The number of hydrogen-bond donors (Lipinski definition) is 4. The highest BCUT2D eigenvalue weighted by molar-refractivity contribution is 7.89. The zero-order valence-electron chi connectivity index (χ0n) is 25.2. The maximum absolute atomic E-state index is 13.6. The van der Waals surface area contributed by atoms with Gasteiger partial charge < -0.3 is 15.3 Å². The van der Waals surface area contributed by atoms with Crippen molar-refractivity contribution < 1.29 is 27.9 Å². The van der Waals surface area contributed by atoms with Crippen molar-refractivity contribution in [2.75, 3.05) is 26.2 Å². The SMILES string of the molecule is CCCN(CCC)C(=O)c1cc(C(=O)NC(Cc2ccccc2)C(O)CN(CC)NC(=O)C(C)C)cc(S(N)(=O)=O)c1. The number of benzene rings is 2. The van der Waals surface area contributed by atoms with Gasteiger partial charge in [-0.15, -0.1) is 0 Å². The van der Waals surface area contributed by atoms with Crippen molar-refractivity contribution in [2.24, 2.45) is 11.1 Å². The molecule has 12 heteroatoms. The molecule has 42 heavy (non-hydrogen) atoms. The summed E-state index contributed by atoms with van der Waals surface area (Å²) in [6.45, 7) is 10.6. The molecule has 2 unspecified atom stereocenters. The predicted molar refractivity (Wildman–Crippen MR) is 162 cm³/mol. The van der Waals surface area contributed by atoms with Crippen molar-refractivity contribution in [1.82, 2.24) is 20.7 Å². The van der Waals surface area contributed by atoms with Crippen LogP contribution in [0.2, 0.25) is 0 Å². The van der Waals surface area contributed by atoms with E-state index >= 15 is 0 Å². The van der Waals surface area contributed by atoms with Gasteiger partial charge in [0.1, 0.15) is 0 Å². The molecule has 2 aromatic rings. The molecule has 0 saturated heterocycles. The van der Waals surface area contributed by atoms with Crippen LogP contribution in [0.15, 0.2) is 53.4 Å². The van der Waals surface area contributed by atoms with Crippen LogP contribution in [-0.2, 0) is 21.2 Å². The van der Waals surface area contributed by atoms with Gasteiger partial charge >= 0.3 is 0 Å². The van der Waals surface area contributed by atoms with E-state index in [1.54, 1.807) is 23.8 Å². The Morgan fingerprint density at radius 1 is 0.952 bits per heavy atom. The van der Waals surface area contributed by atoms with E-state index in [-0.39, 0.29) is 40.8 Å². The van der Waals surface area contributed by atoms with Gasteiger partial charge in [-0.3, -0.25) is 19.8 Å². The molecule has 232 valence electrons. The summed E-state index contributed by atoms with van der Waals surface area (Å²) in [4.78, 5) is 40.4. The first-order chi connectivity index (χ1) is 19.8. The second-order valence-corrected chi connectivity index (χ2v) is 12.2. The standard InChI is InChI=1S/C30H45N5O6S/c1-6-14-34(15-7-2)30(39)24-17-23(18-25(19-24)42(31,40)41)29(38)32-26(16-22-12-10-9-11-13-22)27(36)20-35(8-3)33-28(37)21(4)5/h9-13,17-19,21,26-27,36H,6-8,14-16,20H2,1-5H3,(H,32,38)(H,33,37)(H2,31,40,41). The second kappa shape index (κ2) is 16.4. The van der Waals surface area contributed by atoms with Crippen molar-refractivity contribution in [1.29, 1.82) is 0 Å². The molecule has 0 saturated carbocycles. The molecule has 0 aliphatic heterocycles. The first-order valence-electron chi connectivity index (χ1n) is 14.4. The summed E-state index contributed by atoms with van der Waals surface area (Å²) >= 11 is 0. The fourth-order valence-electron chi connectivity index (χ4n) is 4.35. The number of nitrogens with two attached hydrogens (primary N) is 1. The van der Waals surface area contributed by atoms with Crippen molar-refractivity contribution in [3.8, 4) is 0 Å². The molecule has 0 aromatic heterocycles. The van der Waals surface area contributed by atoms with Crippen molar-refractivity contribution >= 4 is 27.7 Å². The molecular weight excluding hydrogens is 558 g/mol. The number of amides is 3. The highest BCUT2D eigenvalue weighted by Gasteiger charge is 2.27. The second-order valence-electron chi connectivity index (χ2n) is 10.6. The number of primary sulfonamides is 1. The van der Waals surface area contributed by atoms with Crippen molar-refractivity contribution in [3.63, 3.8) is 0 Å². The van der Waals surface area contributed by atoms with Gasteiger partial charge in [-0.1, -0.05) is 65.0 Å². The van der Waals surface area contributed by atoms with Crippen molar-refractivity contribution in [2.45, 2.75) is 70.9 Å². The van der Waals surface area contributed by atoms with Crippen LogP contribution < -0.4 is 15.9 Å². The maximum Gasteiger partial charge on any atom is 0.253 e. The van der Waals surface area contributed by atoms with Crippen molar-refractivity contribution in [3.05, 3.63) is 65.2 Å². The highest BCUT2D eigenvalue weighted by Crippen LogP contribution is 2.18. The molecular formula is C30H45N5O6S. The van der Waals surface area contributed by atoms with Gasteiger partial charge in [0.05, 0.1) is 17.0 Å². The van der Waals surface area contributed by atoms with Crippen LogP contribution in [0.1, 0.15) is 73.7 Å². The summed E-state index contributed by atoms with van der Waals surface area (Å²) in [7, 11) is -4.24. The van der Waals surface area contributed by atoms with Gasteiger partial charge in [-0.2, -0.15) is 0 Å². The highest BCUT2D eigenvalue weighted by atomic mass is 32.2. The molecule has 2 atom stereocenters. The van der Waals surface area contributed by atoms with Crippen LogP contribution in [0.25, 0.3) is 0 Å². The molecule has 0 bridgehead atoms. The number of nitrogens with one attached hydrogen (secondary N) is 2. The molecule has 0 aliphatic rings. The molecule has 0 fully saturated rings. The van der Waals surface area contributed by atoms with Crippen LogP contribution in [0.3, 0.4) is 0 Å². The number of carbonyl (C=O) groups excluding carboxylic acids is 3. The number of nitrogens with zero attached hydrogens (tertiary/aromatic N) is 2. The Morgan fingerprint density at radius 3 is 2.07 bits per heavy atom. The van der Waals surface area contributed by atoms with Gasteiger partial charge in [0.15, 0.2) is 0 Å². The maximum atomic E-state index is 13.6. The predicted octanol–water partition coefficient (Wildman–Crippen LogP) is 2.31. The van der Waals surface area contributed by atoms with Crippen LogP contribution in [0, 0.1) is 5.92 Å². The zero-order chi connectivity index (χ0) is 31.4. The topological polar surface area (TPSA) is 162 Å². The number of aliphatic hydroxyl groups is 1. The summed E-state index contributed by atoms with van der Waals surface area (Å²) in [5, 5.41) is 21.1. The summed E-state index contributed by atoms with van der Waals surface area (Å²) in [6.07, 6.45) is 0.553. The van der Waals surface area contributed by atoms with E-state index in [4.69, 9.17) is 5.14 Å². The number of sulfonamides is 1. The molecule has 0 heterocycles. The Kier molecular flexibility index (Phi) is 13.6. The molecule has 0 spiro atoms. The first-order valence-corrected chi connectivity index (χ1v) is 15.9. The zero-order valence-corrected chi connectivity index (χ0v) is 26.0. The quantitative estimate of drug-likeness (QED) is 0.214. The lowest BCUT2D eigenvalue weighted by Gasteiger charge is -2.30. The van der Waals surface area contributed by atoms with Gasteiger partial charge in [0.25, 0.3) is 11.8 Å². The molecule has 2 rings (SSSR count). The number of hydrogen-bond acceptors (Lipinski definition) is 7. The normalized spacial score (nSPS) is 13.1. The van der Waals surface area contributed by atoms with Crippen LogP contribution in [-0.4, -0.2) is 79.5 Å². The third kappa shape index (κ3) is 10.5. The third-order valence-electron chi connectivity index (χ3n) is 6.68. The Bertz CT molecular complexity index is 1300. The molecule has 3 amide bonds. The minimum absolute atomic E-state index is 0.0245. The largest absolute Gasteiger partial charge is 0.390 e. The minimum atomic E-state index is -4.24. The summed E-state index contributed by atoms with van der Waals surface area (Å²) in [5.74, 6) is -1.55. The number of hydrazine groups is 1. The van der Waals surface area contributed by atoms with E-state index in [1.165, 1.54) is 12.1 Å². The number of likely N-dealkylation sites (N-methyl/N-ethyl adjacent to an activating group) is 1.